The zero-order valence-electron chi connectivity index (χ0n) is 15.4. The van der Waals surface area contributed by atoms with Gasteiger partial charge >= 0.3 is 0 Å². The molecule has 0 aliphatic heterocycles. The first-order chi connectivity index (χ1) is 11.9. The third kappa shape index (κ3) is 5.42. The fraction of sp³-hybridized carbons (Fsp3) is 0.833. The van der Waals surface area contributed by atoms with E-state index >= 15 is 0 Å². The summed E-state index contributed by atoms with van der Waals surface area (Å²) in [4.78, 5) is 37.4. The van der Waals surface area contributed by atoms with Crippen LogP contribution in [0.3, 0.4) is 0 Å². The minimum Gasteiger partial charge on any atom is -0.359 e. The Morgan fingerprint density at radius 1 is 1.04 bits per heavy atom. The molecule has 0 aromatic heterocycles. The highest BCUT2D eigenvalue weighted by atomic mass is 16.2. The highest BCUT2D eigenvalue weighted by Gasteiger charge is 2.34. The van der Waals surface area contributed by atoms with E-state index in [2.05, 4.69) is 10.6 Å². The van der Waals surface area contributed by atoms with Gasteiger partial charge in [-0.05, 0) is 50.9 Å². The second kappa shape index (κ2) is 9.17. The topological polar surface area (TPSA) is 105 Å². The van der Waals surface area contributed by atoms with Crippen molar-refractivity contribution in [3.8, 4) is 0 Å². The van der Waals surface area contributed by atoms with Crippen LogP contribution in [0.15, 0.2) is 0 Å². The van der Waals surface area contributed by atoms with Gasteiger partial charge in [-0.15, -0.1) is 0 Å². The van der Waals surface area contributed by atoms with Crippen molar-refractivity contribution >= 4 is 17.7 Å². The van der Waals surface area contributed by atoms with Gasteiger partial charge < -0.3 is 21.3 Å². The lowest BCUT2D eigenvalue weighted by atomic mass is 9.81. The van der Waals surface area contributed by atoms with Crippen LogP contribution in [0.25, 0.3) is 0 Å². The molecule has 2 aliphatic rings. The predicted octanol–water partition coefficient (Wildman–Crippen LogP) is 0.526. The molecule has 2 fully saturated rings. The molecular weight excluding hydrogens is 320 g/mol. The summed E-state index contributed by atoms with van der Waals surface area (Å²) in [7, 11) is 3.43. The van der Waals surface area contributed by atoms with Gasteiger partial charge in [0.15, 0.2) is 0 Å². The predicted molar refractivity (Wildman–Crippen MR) is 95.6 cm³/mol. The summed E-state index contributed by atoms with van der Waals surface area (Å²) in [6.07, 6.45) is 7.18. The Balaban J connectivity index is 1.70. The first-order valence-corrected chi connectivity index (χ1v) is 9.44. The average Bonchev–Trinajstić information content (AvgIpc) is 2.57. The number of nitrogens with zero attached hydrogens (tertiary/aromatic N) is 1. The molecule has 2 aliphatic carbocycles. The number of hydrogen-bond acceptors (Lipinski definition) is 4. The largest absolute Gasteiger partial charge is 0.359 e. The molecule has 4 N–H and O–H groups in total. The number of likely N-dealkylation sites (N-methyl/N-ethyl adjacent to an activating group) is 1. The molecule has 0 saturated heterocycles. The number of nitrogens with one attached hydrogen (secondary N) is 2. The van der Waals surface area contributed by atoms with Gasteiger partial charge in [0.2, 0.25) is 17.7 Å². The molecule has 7 nitrogen and oxygen atoms in total. The molecule has 3 amide bonds. The fourth-order valence-electron chi connectivity index (χ4n) is 3.67. The normalized spacial score (nSPS) is 24.8. The molecule has 0 spiro atoms. The molecule has 0 unspecified atom stereocenters. The first-order valence-electron chi connectivity index (χ1n) is 9.44. The molecule has 7 heteroatoms. The molecule has 25 heavy (non-hydrogen) atoms. The van der Waals surface area contributed by atoms with Crippen molar-refractivity contribution in [3.05, 3.63) is 0 Å². The van der Waals surface area contributed by atoms with E-state index in [4.69, 9.17) is 5.73 Å². The van der Waals surface area contributed by atoms with Crippen molar-refractivity contribution in [3.63, 3.8) is 0 Å². The highest BCUT2D eigenvalue weighted by Crippen LogP contribution is 2.29. The SMILES string of the molecule is CNC(=O)CCC(=O)NC1CCC([C@H](N)C(=O)N(C)C2CCC2)CC1. The Kier molecular flexibility index (Phi) is 7.23. The minimum absolute atomic E-state index is 0.0581. The van der Waals surface area contributed by atoms with Crippen LogP contribution in [-0.4, -0.2) is 54.8 Å². The molecule has 0 heterocycles. The summed E-state index contributed by atoms with van der Waals surface area (Å²) in [5.41, 5.74) is 6.23. The summed E-state index contributed by atoms with van der Waals surface area (Å²) in [6.45, 7) is 0. The Morgan fingerprint density at radius 3 is 2.16 bits per heavy atom. The second-order valence-electron chi connectivity index (χ2n) is 7.41. The summed E-state index contributed by atoms with van der Waals surface area (Å²) in [5.74, 6) is 0.0351. The number of nitrogens with two attached hydrogens (primary N) is 1. The second-order valence-corrected chi connectivity index (χ2v) is 7.41. The molecular formula is C18H32N4O3. The minimum atomic E-state index is -0.435. The van der Waals surface area contributed by atoms with Crippen LogP contribution in [-0.2, 0) is 14.4 Å². The molecule has 0 bridgehead atoms. The van der Waals surface area contributed by atoms with Crippen molar-refractivity contribution in [1.82, 2.24) is 15.5 Å². The van der Waals surface area contributed by atoms with Crippen molar-refractivity contribution in [2.24, 2.45) is 11.7 Å². The van der Waals surface area contributed by atoms with E-state index in [9.17, 15) is 14.4 Å². The standard InChI is InChI=1S/C18H32N4O3/c1-20-15(23)10-11-16(24)21-13-8-6-12(7-9-13)17(19)18(25)22(2)14-4-3-5-14/h12-14,17H,3-11,19H2,1-2H3,(H,20,23)(H,21,24)/t12?,13?,17-/m0/s1. The van der Waals surface area contributed by atoms with Gasteiger partial charge in [0, 0.05) is 39.0 Å². The number of hydrogen-bond donors (Lipinski definition) is 3. The van der Waals surface area contributed by atoms with Crippen LogP contribution in [0.2, 0.25) is 0 Å². The van der Waals surface area contributed by atoms with Crippen molar-refractivity contribution in [2.45, 2.75) is 75.9 Å². The van der Waals surface area contributed by atoms with E-state index in [0.717, 1.165) is 38.5 Å². The maximum absolute atomic E-state index is 12.5. The van der Waals surface area contributed by atoms with E-state index in [1.54, 1.807) is 7.05 Å². The van der Waals surface area contributed by atoms with Gasteiger partial charge in [0.05, 0.1) is 6.04 Å². The Morgan fingerprint density at radius 2 is 1.64 bits per heavy atom. The molecule has 0 aromatic rings. The van der Waals surface area contributed by atoms with Crippen molar-refractivity contribution in [2.75, 3.05) is 14.1 Å². The highest BCUT2D eigenvalue weighted by molar-refractivity contribution is 5.83. The zero-order valence-corrected chi connectivity index (χ0v) is 15.4. The summed E-state index contributed by atoms with van der Waals surface area (Å²) in [6, 6.07) is 0.0603. The van der Waals surface area contributed by atoms with E-state index in [1.165, 1.54) is 6.42 Å². The van der Waals surface area contributed by atoms with E-state index in [1.807, 2.05) is 11.9 Å². The quantitative estimate of drug-likeness (QED) is 0.621. The number of rotatable bonds is 7. The molecule has 142 valence electrons. The first kappa shape index (κ1) is 19.7. The third-order valence-electron chi connectivity index (χ3n) is 5.76. The van der Waals surface area contributed by atoms with Gasteiger partial charge in [-0.3, -0.25) is 14.4 Å². The number of carbonyl (C=O) groups excluding carboxylic acids is 3. The van der Waals surface area contributed by atoms with Crippen LogP contribution in [0, 0.1) is 5.92 Å². The molecule has 0 aromatic carbocycles. The van der Waals surface area contributed by atoms with E-state index in [-0.39, 0.29) is 42.5 Å². The number of amides is 3. The maximum Gasteiger partial charge on any atom is 0.239 e. The number of carbonyl (C=O) groups is 3. The Hall–Kier alpha value is -1.63. The van der Waals surface area contributed by atoms with Crippen molar-refractivity contribution < 1.29 is 14.4 Å². The molecule has 2 rings (SSSR count). The molecule has 1 atom stereocenters. The molecule has 2 saturated carbocycles. The van der Waals surface area contributed by atoms with E-state index < -0.39 is 6.04 Å². The van der Waals surface area contributed by atoms with Gasteiger partial charge in [-0.2, -0.15) is 0 Å². The van der Waals surface area contributed by atoms with Crippen LogP contribution < -0.4 is 16.4 Å². The Labute approximate surface area is 150 Å². The van der Waals surface area contributed by atoms with E-state index in [0.29, 0.717) is 6.04 Å². The van der Waals surface area contributed by atoms with Gasteiger partial charge in [0.25, 0.3) is 0 Å². The smallest absolute Gasteiger partial charge is 0.239 e. The molecule has 0 radical (unpaired) electrons. The van der Waals surface area contributed by atoms with Gasteiger partial charge in [-0.1, -0.05) is 0 Å². The third-order valence-corrected chi connectivity index (χ3v) is 5.76. The lowest BCUT2D eigenvalue weighted by Gasteiger charge is -2.38. The van der Waals surface area contributed by atoms with Gasteiger partial charge in [-0.25, -0.2) is 0 Å². The average molecular weight is 352 g/mol. The maximum atomic E-state index is 12.5. The van der Waals surface area contributed by atoms with Crippen LogP contribution >= 0.6 is 0 Å². The summed E-state index contributed by atoms with van der Waals surface area (Å²) in [5, 5.41) is 5.50. The van der Waals surface area contributed by atoms with Crippen molar-refractivity contribution in [1.29, 1.82) is 0 Å². The van der Waals surface area contributed by atoms with Crippen LogP contribution in [0.1, 0.15) is 57.8 Å². The summed E-state index contributed by atoms with van der Waals surface area (Å²) >= 11 is 0. The zero-order chi connectivity index (χ0) is 18.4. The van der Waals surface area contributed by atoms with Crippen LogP contribution in [0.5, 0.6) is 0 Å². The lowest BCUT2D eigenvalue weighted by Crippen LogP contribution is -2.52. The summed E-state index contributed by atoms with van der Waals surface area (Å²) < 4.78 is 0. The monoisotopic (exact) mass is 352 g/mol. The lowest BCUT2D eigenvalue weighted by molar-refractivity contribution is -0.136. The van der Waals surface area contributed by atoms with Crippen LogP contribution in [0.4, 0.5) is 0 Å². The fourth-order valence-corrected chi connectivity index (χ4v) is 3.67. The Bertz CT molecular complexity index is 485. The van der Waals surface area contributed by atoms with Gasteiger partial charge in [0.1, 0.15) is 0 Å².